The van der Waals surface area contributed by atoms with Gasteiger partial charge in [-0.25, -0.2) is 0 Å². The summed E-state index contributed by atoms with van der Waals surface area (Å²) in [5.74, 6) is 0.339. The van der Waals surface area contributed by atoms with Crippen molar-refractivity contribution < 1.29 is 9.84 Å². The molecule has 0 aromatic heterocycles. The Morgan fingerprint density at radius 3 is 2.82 bits per heavy atom. The first kappa shape index (κ1) is 11.2. The summed E-state index contributed by atoms with van der Waals surface area (Å²) in [6, 6.07) is 0. The van der Waals surface area contributed by atoms with Gasteiger partial charge in [0.2, 0.25) is 0 Å². The van der Waals surface area contributed by atoms with Crippen LogP contribution in [0.15, 0.2) is 0 Å². The van der Waals surface area contributed by atoms with E-state index in [1.54, 1.807) is 7.11 Å². The molecule has 1 saturated heterocycles. The molecule has 4 heteroatoms. The maximum Gasteiger partial charge on any atom is 0.0746 e. The zero-order valence-corrected chi connectivity index (χ0v) is 7.56. The van der Waals surface area contributed by atoms with Crippen LogP contribution in [0.4, 0.5) is 0 Å². The molecule has 3 nitrogen and oxygen atoms in total. The Hall–Kier alpha value is 0.170. The van der Waals surface area contributed by atoms with Gasteiger partial charge in [0.15, 0.2) is 0 Å². The number of aliphatic hydroxyl groups excluding tert-OH is 1. The summed E-state index contributed by atoms with van der Waals surface area (Å²) in [7, 11) is 1.69. The molecule has 0 aliphatic carbocycles. The summed E-state index contributed by atoms with van der Waals surface area (Å²) < 4.78 is 5.17. The van der Waals surface area contributed by atoms with Crippen LogP contribution in [0.3, 0.4) is 0 Å². The largest absolute Gasteiger partial charge is 0.396 e. The van der Waals surface area contributed by atoms with Gasteiger partial charge in [-0.2, -0.15) is 0 Å². The summed E-state index contributed by atoms with van der Waals surface area (Å²) in [6.07, 6.45) is 1.23. The number of piperidine rings is 1. The predicted octanol–water partition coefficient (Wildman–Crippen LogP) is 0.0250. The molecule has 0 amide bonds. The molecular formula is C7H16ClNO2. The molecule has 2 atom stereocenters. The van der Waals surface area contributed by atoms with E-state index in [4.69, 9.17) is 9.84 Å². The number of methoxy groups -OCH3 is 1. The second-order valence-corrected chi connectivity index (χ2v) is 2.71. The van der Waals surface area contributed by atoms with Crippen LogP contribution < -0.4 is 5.32 Å². The van der Waals surface area contributed by atoms with Gasteiger partial charge in [0.25, 0.3) is 0 Å². The summed E-state index contributed by atoms with van der Waals surface area (Å²) in [5.41, 5.74) is 0. The number of halogens is 1. The highest BCUT2D eigenvalue weighted by atomic mass is 35.5. The van der Waals surface area contributed by atoms with Crippen LogP contribution in [0, 0.1) is 5.92 Å². The van der Waals surface area contributed by atoms with Crippen LogP contribution in [0.1, 0.15) is 6.42 Å². The van der Waals surface area contributed by atoms with E-state index in [-0.39, 0.29) is 25.1 Å². The van der Waals surface area contributed by atoms with Gasteiger partial charge in [0, 0.05) is 26.2 Å². The van der Waals surface area contributed by atoms with E-state index < -0.39 is 0 Å². The van der Waals surface area contributed by atoms with E-state index in [0.717, 1.165) is 19.5 Å². The topological polar surface area (TPSA) is 41.5 Å². The van der Waals surface area contributed by atoms with Gasteiger partial charge >= 0.3 is 0 Å². The van der Waals surface area contributed by atoms with Gasteiger partial charge in [-0.1, -0.05) is 0 Å². The van der Waals surface area contributed by atoms with Crippen molar-refractivity contribution in [2.75, 3.05) is 26.8 Å². The lowest BCUT2D eigenvalue weighted by Gasteiger charge is -2.29. The minimum atomic E-state index is 0. The molecule has 0 aromatic rings. The van der Waals surface area contributed by atoms with Crippen molar-refractivity contribution in [3.8, 4) is 0 Å². The Morgan fingerprint density at radius 2 is 2.36 bits per heavy atom. The predicted molar refractivity (Wildman–Crippen MR) is 46.1 cm³/mol. The lowest BCUT2D eigenvalue weighted by molar-refractivity contribution is 0.00954. The van der Waals surface area contributed by atoms with E-state index in [2.05, 4.69) is 5.32 Å². The van der Waals surface area contributed by atoms with Crippen molar-refractivity contribution in [3.05, 3.63) is 0 Å². The number of nitrogens with one attached hydrogen (secondary N) is 1. The highest BCUT2D eigenvalue weighted by molar-refractivity contribution is 5.85. The van der Waals surface area contributed by atoms with E-state index in [1.165, 1.54) is 0 Å². The second-order valence-electron chi connectivity index (χ2n) is 2.71. The third kappa shape index (κ3) is 2.95. The second kappa shape index (κ2) is 5.77. The van der Waals surface area contributed by atoms with Crippen LogP contribution in [0.2, 0.25) is 0 Å². The highest BCUT2D eigenvalue weighted by Gasteiger charge is 2.23. The number of rotatable bonds is 2. The van der Waals surface area contributed by atoms with Gasteiger partial charge < -0.3 is 15.2 Å². The Kier molecular flexibility index (Phi) is 5.86. The molecule has 0 spiro atoms. The van der Waals surface area contributed by atoms with Gasteiger partial charge in [-0.05, 0) is 13.0 Å². The number of aliphatic hydroxyl groups is 1. The Bertz CT molecular complexity index is 90.4. The molecule has 0 bridgehead atoms. The first-order valence-electron chi connectivity index (χ1n) is 3.73. The first-order chi connectivity index (χ1) is 4.88. The zero-order chi connectivity index (χ0) is 7.40. The van der Waals surface area contributed by atoms with Crippen molar-refractivity contribution in [1.29, 1.82) is 0 Å². The molecule has 0 aromatic carbocycles. The fraction of sp³-hybridized carbons (Fsp3) is 1.00. The van der Waals surface area contributed by atoms with Crippen molar-refractivity contribution in [2.45, 2.75) is 12.5 Å². The molecule has 68 valence electrons. The van der Waals surface area contributed by atoms with Crippen molar-refractivity contribution in [2.24, 2.45) is 5.92 Å². The first-order valence-corrected chi connectivity index (χ1v) is 3.73. The summed E-state index contributed by atoms with van der Waals surface area (Å²) in [6.45, 7) is 2.13. The highest BCUT2D eigenvalue weighted by Crippen LogP contribution is 2.13. The molecule has 1 fully saturated rings. The monoisotopic (exact) mass is 181 g/mol. The summed E-state index contributed by atoms with van der Waals surface area (Å²) in [4.78, 5) is 0. The van der Waals surface area contributed by atoms with Crippen molar-refractivity contribution in [1.82, 2.24) is 5.32 Å². The molecule has 1 aliphatic heterocycles. The molecular weight excluding hydrogens is 166 g/mol. The third-order valence-corrected chi connectivity index (χ3v) is 2.10. The fourth-order valence-electron chi connectivity index (χ4n) is 1.37. The number of ether oxygens (including phenoxy) is 1. The van der Waals surface area contributed by atoms with Gasteiger partial charge in [-0.15, -0.1) is 12.4 Å². The van der Waals surface area contributed by atoms with Crippen LogP contribution in [0.5, 0.6) is 0 Å². The summed E-state index contributed by atoms with van der Waals surface area (Å²) >= 11 is 0. The number of hydrogen-bond donors (Lipinski definition) is 2. The molecule has 2 N–H and O–H groups in total. The average Bonchev–Trinajstić information content (AvgIpc) is 2.04. The number of hydrogen-bond acceptors (Lipinski definition) is 3. The standard InChI is InChI=1S/C7H15NO2.ClH/c1-10-7-4-8-3-2-6(7)5-9;/h6-9H,2-5H2,1H3;1H/t6-,7-;/m0./s1. The molecule has 0 radical (unpaired) electrons. The van der Waals surface area contributed by atoms with E-state index in [1.807, 2.05) is 0 Å². The lowest BCUT2D eigenvalue weighted by Crippen LogP contribution is -2.43. The molecule has 1 aliphatic rings. The van der Waals surface area contributed by atoms with Crippen molar-refractivity contribution in [3.63, 3.8) is 0 Å². The van der Waals surface area contributed by atoms with Crippen molar-refractivity contribution >= 4 is 12.4 Å². The SMILES string of the molecule is CO[C@H]1CNCC[C@H]1CO.Cl. The van der Waals surface area contributed by atoms with Gasteiger partial charge in [0.1, 0.15) is 0 Å². The zero-order valence-electron chi connectivity index (χ0n) is 6.75. The van der Waals surface area contributed by atoms with Gasteiger partial charge in [-0.3, -0.25) is 0 Å². The quantitative estimate of drug-likeness (QED) is 0.632. The van der Waals surface area contributed by atoms with Crippen LogP contribution in [-0.4, -0.2) is 38.0 Å². The molecule has 11 heavy (non-hydrogen) atoms. The maximum absolute atomic E-state index is 8.88. The smallest absolute Gasteiger partial charge is 0.0746 e. The lowest BCUT2D eigenvalue weighted by atomic mass is 9.96. The van der Waals surface area contributed by atoms with Crippen LogP contribution in [-0.2, 0) is 4.74 Å². The van der Waals surface area contributed by atoms with E-state index in [0.29, 0.717) is 5.92 Å². The molecule has 0 unspecified atom stereocenters. The molecule has 1 rings (SSSR count). The third-order valence-electron chi connectivity index (χ3n) is 2.10. The normalized spacial score (nSPS) is 31.1. The summed E-state index contributed by atoms with van der Waals surface area (Å²) in [5, 5.41) is 12.1. The minimum Gasteiger partial charge on any atom is -0.396 e. The average molecular weight is 182 g/mol. The van der Waals surface area contributed by atoms with E-state index in [9.17, 15) is 0 Å². The Balaban J connectivity index is 0.000001000. The van der Waals surface area contributed by atoms with Crippen LogP contribution in [0.25, 0.3) is 0 Å². The Morgan fingerprint density at radius 1 is 1.64 bits per heavy atom. The van der Waals surface area contributed by atoms with Crippen LogP contribution >= 0.6 is 12.4 Å². The Labute approximate surface area is 73.5 Å². The maximum atomic E-state index is 8.88. The fourth-order valence-corrected chi connectivity index (χ4v) is 1.37. The molecule has 1 heterocycles. The minimum absolute atomic E-state index is 0. The van der Waals surface area contributed by atoms with Gasteiger partial charge in [0.05, 0.1) is 6.10 Å². The van der Waals surface area contributed by atoms with E-state index >= 15 is 0 Å². The molecule has 0 saturated carbocycles.